The summed E-state index contributed by atoms with van der Waals surface area (Å²) in [6.07, 6.45) is -3.33. The Kier molecular flexibility index (Phi) is 6.97. The predicted octanol–water partition coefficient (Wildman–Crippen LogP) is 5.69. The van der Waals surface area contributed by atoms with Gasteiger partial charge in [0.1, 0.15) is 5.82 Å². The number of hydrogen-bond donors (Lipinski definition) is 1. The lowest BCUT2D eigenvalue weighted by molar-refractivity contribution is -0.141. The number of nitrogens with one attached hydrogen (secondary N) is 1. The second-order valence-corrected chi connectivity index (χ2v) is 8.13. The Morgan fingerprint density at radius 3 is 2.58 bits per heavy atom. The lowest BCUT2D eigenvalue weighted by Gasteiger charge is -2.06. The monoisotopic (exact) mass is 541 g/mol. The second-order valence-electron chi connectivity index (χ2n) is 6.49. The smallest absolute Gasteiger partial charge is 0.308 e. The van der Waals surface area contributed by atoms with Crippen LogP contribution in [0.4, 0.5) is 23.4 Å². The third kappa shape index (κ3) is 5.39. The first kappa shape index (κ1) is 23.6. The van der Waals surface area contributed by atoms with Crippen LogP contribution in [-0.4, -0.2) is 25.5 Å². The standard InChI is InChI=1S/C18H14BrCl2F4N5O/c1-9-15(21)16(18(23,24)25)27-30(9)6-5-14(31)26-17-11(19)8-29(28-17)7-10-12(20)3-2-4-13(10)22/h2-4,8H,5-7H2,1H3,(H,26,28,31). The van der Waals surface area contributed by atoms with Crippen molar-refractivity contribution in [2.45, 2.75) is 32.6 Å². The molecule has 0 bridgehead atoms. The Labute approximate surface area is 192 Å². The van der Waals surface area contributed by atoms with Gasteiger partial charge >= 0.3 is 6.18 Å². The molecular weight excluding hydrogens is 529 g/mol. The van der Waals surface area contributed by atoms with Crippen molar-refractivity contribution in [1.29, 1.82) is 0 Å². The van der Waals surface area contributed by atoms with Crippen molar-refractivity contribution in [3.05, 3.63) is 61.7 Å². The number of aryl methyl sites for hydroxylation is 1. The van der Waals surface area contributed by atoms with Crippen LogP contribution >= 0.6 is 39.1 Å². The highest BCUT2D eigenvalue weighted by molar-refractivity contribution is 9.10. The number of aromatic nitrogens is 4. The molecule has 0 fully saturated rings. The quantitative estimate of drug-likeness (QED) is 0.407. The molecule has 0 unspecified atom stereocenters. The second kappa shape index (κ2) is 9.17. The van der Waals surface area contributed by atoms with E-state index in [1.807, 2.05) is 0 Å². The fraction of sp³-hybridized carbons (Fsp3) is 0.278. The molecule has 13 heteroatoms. The van der Waals surface area contributed by atoms with E-state index in [2.05, 4.69) is 31.4 Å². The van der Waals surface area contributed by atoms with E-state index in [0.29, 0.717) is 4.47 Å². The molecule has 0 aliphatic heterocycles. The van der Waals surface area contributed by atoms with Gasteiger partial charge in [-0.15, -0.1) is 0 Å². The molecule has 0 atom stereocenters. The summed E-state index contributed by atoms with van der Waals surface area (Å²) in [6.45, 7) is 1.30. The van der Waals surface area contributed by atoms with E-state index >= 15 is 0 Å². The Morgan fingerprint density at radius 2 is 1.97 bits per heavy atom. The molecule has 166 valence electrons. The SMILES string of the molecule is Cc1c(Cl)c(C(F)(F)F)nn1CCC(=O)Nc1nn(Cc2c(F)cccc2Cl)cc1Br. The molecule has 0 saturated carbocycles. The summed E-state index contributed by atoms with van der Waals surface area (Å²) < 4.78 is 55.5. The van der Waals surface area contributed by atoms with Crippen molar-refractivity contribution in [2.24, 2.45) is 0 Å². The van der Waals surface area contributed by atoms with Gasteiger partial charge < -0.3 is 5.32 Å². The van der Waals surface area contributed by atoms with E-state index in [0.717, 1.165) is 4.68 Å². The number of alkyl halides is 3. The van der Waals surface area contributed by atoms with E-state index in [1.165, 1.54) is 29.9 Å². The first-order valence-electron chi connectivity index (χ1n) is 8.73. The summed E-state index contributed by atoms with van der Waals surface area (Å²) in [5.74, 6) is -0.825. The minimum Gasteiger partial charge on any atom is -0.308 e. The summed E-state index contributed by atoms with van der Waals surface area (Å²) in [6, 6.07) is 4.31. The van der Waals surface area contributed by atoms with Crippen LogP contribution in [0.1, 0.15) is 23.4 Å². The third-order valence-electron chi connectivity index (χ3n) is 4.31. The highest BCUT2D eigenvalue weighted by atomic mass is 79.9. The Balaban J connectivity index is 1.66. The summed E-state index contributed by atoms with van der Waals surface area (Å²) in [5, 5.41) is 9.90. The van der Waals surface area contributed by atoms with Crippen molar-refractivity contribution in [3.8, 4) is 0 Å². The number of rotatable bonds is 6. The molecule has 0 radical (unpaired) electrons. The van der Waals surface area contributed by atoms with Crippen LogP contribution in [0.3, 0.4) is 0 Å². The van der Waals surface area contributed by atoms with Crippen molar-refractivity contribution >= 4 is 50.9 Å². The largest absolute Gasteiger partial charge is 0.436 e. The minimum absolute atomic E-state index is 0.0329. The third-order valence-corrected chi connectivity index (χ3v) is 5.70. The minimum atomic E-state index is -4.69. The topological polar surface area (TPSA) is 64.7 Å². The van der Waals surface area contributed by atoms with Crippen LogP contribution in [0.2, 0.25) is 10.0 Å². The normalized spacial score (nSPS) is 11.7. The molecule has 1 aromatic carbocycles. The predicted molar refractivity (Wildman–Crippen MR) is 111 cm³/mol. The van der Waals surface area contributed by atoms with Crippen LogP contribution in [0.15, 0.2) is 28.9 Å². The van der Waals surface area contributed by atoms with Crippen molar-refractivity contribution < 1.29 is 22.4 Å². The number of carbonyl (C=O) groups is 1. The molecule has 6 nitrogen and oxygen atoms in total. The van der Waals surface area contributed by atoms with Gasteiger partial charge in [0.15, 0.2) is 11.5 Å². The molecule has 1 N–H and O–H groups in total. The molecule has 0 saturated heterocycles. The van der Waals surface area contributed by atoms with Gasteiger partial charge in [-0.05, 0) is 35.0 Å². The molecule has 2 heterocycles. The number of benzene rings is 1. The maximum atomic E-state index is 14.0. The van der Waals surface area contributed by atoms with Gasteiger partial charge in [0.2, 0.25) is 5.91 Å². The van der Waals surface area contributed by atoms with E-state index in [9.17, 15) is 22.4 Å². The molecule has 0 spiro atoms. The van der Waals surface area contributed by atoms with Gasteiger partial charge in [0.25, 0.3) is 0 Å². The van der Waals surface area contributed by atoms with Crippen molar-refractivity contribution in [2.75, 3.05) is 5.32 Å². The number of anilines is 1. The van der Waals surface area contributed by atoms with E-state index < -0.39 is 28.6 Å². The first-order chi connectivity index (χ1) is 14.5. The van der Waals surface area contributed by atoms with Crippen LogP contribution < -0.4 is 5.32 Å². The highest BCUT2D eigenvalue weighted by Gasteiger charge is 2.38. The average Bonchev–Trinajstić information content (AvgIpc) is 3.16. The summed E-state index contributed by atoms with van der Waals surface area (Å²) >= 11 is 15.0. The van der Waals surface area contributed by atoms with Gasteiger partial charge in [-0.3, -0.25) is 14.2 Å². The lowest BCUT2D eigenvalue weighted by atomic mass is 10.2. The first-order valence-corrected chi connectivity index (χ1v) is 10.3. The van der Waals surface area contributed by atoms with Gasteiger partial charge in [-0.1, -0.05) is 29.3 Å². The van der Waals surface area contributed by atoms with E-state index in [4.69, 9.17) is 23.2 Å². The van der Waals surface area contributed by atoms with Crippen LogP contribution in [0, 0.1) is 12.7 Å². The maximum Gasteiger partial charge on any atom is 0.436 e. The molecule has 1 amide bonds. The van der Waals surface area contributed by atoms with Gasteiger partial charge in [0, 0.05) is 23.2 Å². The molecular formula is C18H14BrCl2F4N5O. The summed E-state index contributed by atoms with van der Waals surface area (Å²) in [5.41, 5.74) is -0.849. The van der Waals surface area contributed by atoms with E-state index in [1.54, 1.807) is 6.07 Å². The molecule has 31 heavy (non-hydrogen) atoms. The van der Waals surface area contributed by atoms with Crippen LogP contribution in [0.5, 0.6) is 0 Å². The fourth-order valence-electron chi connectivity index (χ4n) is 2.73. The summed E-state index contributed by atoms with van der Waals surface area (Å²) in [7, 11) is 0. The summed E-state index contributed by atoms with van der Waals surface area (Å²) in [4.78, 5) is 12.3. The zero-order valence-electron chi connectivity index (χ0n) is 15.8. The average molecular weight is 543 g/mol. The molecule has 0 aliphatic rings. The number of amides is 1. The number of nitrogens with zero attached hydrogens (tertiary/aromatic N) is 4. The lowest BCUT2D eigenvalue weighted by Crippen LogP contribution is -2.17. The van der Waals surface area contributed by atoms with Crippen molar-refractivity contribution in [1.82, 2.24) is 19.6 Å². The number of hydrogen-bond acceptors (Lipinski definition) is 3. The zero-order valence-corrected chi connectivity index (χ0v) is 18.9. The van der Waals surface area contributed by atoms with E-state index in [-0.39, 0.29) is 41.6 Å². The van der Waals surface area contributed by atoms with Gasteiger partial charge in [0.05, 0.1) is 28.3 Å². The van der Waals surface area contributed by atoms with Crippen LogP contribution in [0.25, 0.3) is 0 Å². The Bertz CT molecular complexity index is 1110. The van der Waals surface area contributed by atoms with Crippen LogP contribution in [-0.2, 0) is 24.1 Å². The number of carbonyl (C=O) groups excluding carboxylic acids is 1. The Morgan fingerprint density at radius 1 is 1.26 bits per heavy atom. The van der Waals surface area contributed by atoms with Gasteiger partial charge in [-0.25, -0.2) is 4.39 Å². The molecule has 3 rings (SSSR count). The maximum absolute atomic E-state index is 14.0. The Hall–Kier alpha value is -2.11. The molecule has 0 aliphatic carbocycles. The zero-order chi connectivity index (χ0) is 22.9. The number of halogens is 7. The fourth-order valence-corrected chi connectivity index (χ4v) is 3.61. The molecule has 2 aromatic heterocycles. The van der Waals surface area contributed by atoms with Gasteiger partial charge in [-0.2, -0.15) is 23.4 Å². The molecule has 3 aromatic rings. The van der Waals surface area contributed by atoms with Crippen molar-refractivity contribution in [3.63, 3.8) is 0 Å². The highest BCUT2D eigenvalue weighted by Crippen LogP contribution is 2.35.